The van der Waals surface area contributed by atoms with Crippen LogP contribution in [0.5, 0.6) is 23.0 Å². The highest BCUT2D eigenvalue weighted by Crippen LogP contribution is 2.39. The van der Waals surface area contributed by atoms with Crippen molar-refractivity contribution in [3.05, 3.63) is 82.3 Å². The molecule has 0 aliphatic heterocycles. The van der Waals surface area contributed by atoms with Gasteiger partial charge in [0, 0.05) is 0 Å². The Morgan fingerprint density at radius 3 is 1.21 bits per heavy atom. The highest BCUT2D eigenvalue weighted by Gasteiger charge is 2.15. The lowest BCUT2D eigenvalue weighted by Crippen LogP contribution is -2.10. The fourth-order valence-electron chi connectivity index (χ4n) is 2.95. The summed E-state index contributed by atoms with van der Waals surface area (Å²) >= 11 is 3.64. The summed E-state index contributed by atoms with van der Waals surface area (Å²) in [6, 6.07) is 22.3. The highest BCUT2D eigenvalue weighted by atomic mass is 79.9. The zero-order valence-corrected chi connectivity index (χ0v) is 19.6. The van der Waals surface area contributed by atoms with Crippen molar-refractivity contribution in [3.8, 4) is 23.0 Å². The monoisotopic (exact) mass is 452 g/mol. The molecule has 0 aliphatic carbocycles. The van der Waals surface area contributed by atoms with Gasteiger partial charge in [-0.25, -0.2) is 0 Å². The van der Waals surface area contributed by atoms with Gasteiger partial charge in [-0.1, -0.05) is 71.9 Å². The molecule has 3 aromatic carbocycles. The van der Waals surface area contributed by atoms with Gasteiger partial charge in [0.15, 0.2) is 0 Å². The molecular formula is C26H29BrO2. The smallest absolute Gasteiger partial charge is 0.145 e. The van der Waals surface area contributed by atoms with Crippen LogP contribution in [0.2, 0.25) is 0 Å². The number of benzene rings is 3. The van der Waals surface area contributed by atoms with Crippen molar-refractivity contribution < 1.29 is 9.47 Å². The minimum Gasteiger partial charge on any atom is -0.456 e. The van der Waals surface area contributed by atoms with Crippen LogP contribution in [0.1, 0.15) is 52.7 Å². The van der Waals surface area contributed by atoms with Gasteiger partial charge in [-0.05, 0) is 74.3 Å². The molecule has 0 heterocycles. The van der Waals surface area contributed by atoms with Crippen molar-refractivity contribution in [3.63, 3.8) is 0 Å². The summed E-state index contributed by atoms with van der Waals surface area (Å²) in [5, 5.41) is 0. The van der Waals surface area contributed by atoms with Gasteiger partial charge in [0.2, 0.25) is 0 Å². The van der Waals surface area contributed by atoms with Crippen molar-refractivity contribution in [2.45, 2.75) is 52.4 Å². The van der Waals surface area contributed by atoms with Gasteiger partial charge >= 0.3 is 0 Å². The molecule has 0 atom stereocenters. The third-order valence-electron chi connectivity index (χ3n) is 4.82. The third-order valence-corrected chi connectivity index (χ3v) is 5.61. The van der Waals surface area contributed by atoms with Gasteiger partial charge in [0.25, 0.3) is 0 Å². The molecule has 0 fully saturated rings. The molecule has 0 spiro atoms. The van der Waals surface area contributed by atoms with E-state index < -0.39 is 0 Å². The average molecular weight is 453 g/mol. The topological polar surface area (TPSA) is 18.5 Å². The first-order chi connectivity index (χ1) is 13.5. The summed E-state index contributed by atoms with van der Waals surface area (Å²) in [7, 11) is 0. The van der Waals surface area contributed by atoms with Crippen LogP contribution in [0.3, 0.4) is 0 Å². The Labute approximate surface area is 183 Å². The van der Waals surface area contributed by atoms with E-state index in [2.05, 4.69) is 81.7 Å². The fraction of sp³-hybridized carbons (Fsp3) is 0.308. The molecule has 0 unspecified atom stereocenters. The maximum atomic E-state index is 6.09. The SMILES string of the molecule is CC(C)(C)c1ccc(Oc2cccc(Oc3ccc(C(C)(C)C)cc3)c2Br)cc1. The first kappa shape index (κ1) is 21.4. The summed E-state index contributed by atoms with van der Waals surface area (Å²) in [5.41, 5.74) is 2.80. The molecule has 152 valence electrons. The normalized spacial score (nSPS) is 12.0. The van der Waals surface area contributed by atoms with Crippen molar-refractivity contribution >= 4 is 15.9 Å². The molecule has 2 nitrogen and oxygen atoms in total. The molecule has 0 radical (unpaired) electrons. The molecule has 0 aliphatic rings. The molecule has 3 aromatic rings. The van der Waals surface area contributed by atoms with E-state index in [0.29, 0.717) is 0 Å². The molecule has 0 bridgehead atoms. The lowest BCUT2D eigenvalue weighted by Gasteiger charge is -2.20. The Hall–Kier alpha value is -2.26. The second kappa shape index (κ2) is 8.23. The summed E-state index contributed by atoms with van der Waals surface area (Å²) in [6.45, 7) is 13.2. The zero-order chi connectivity index (χ0) is 21.2. The summed E-state index contributed by atoms with van der Waals surface area (Å²) in [5.74, 6) is 3.03. The Bertz CT molecular complexity index is 882. The maximum absolute atomic E-state index is 6.09. The minimum absolute atomic E-state index is 0.120. The number of rotatable bonds is 4. The third kappa shape index (κ3) is 5.42. The summed E-state index contributed by atoms with van der Waals surface area (Å²) in [4.78, 5) is 0. The zero-order valence-electron chi connectivity index (χ0n) is 18.0. The molecule has 0 N–H and O–H groups in total. The Morgan fingerprint density at radius 1 is 0.552 bits per heavy atom. The van der Waals surface area contributed by atoms with Crippen LogP contribution >= 0.6 is 15.9 Å². The number of hydrogen-bond donors (Lipinski definition) is 0. The van der Waals surface area contributed by atoms with Gasteiger partial charge in [0.1, 0.15) is 27.5 Å². The van der Waals surface area contributed by atoms with Crippen LogP contribution in [0, 0.1) is 0 Å². The lowest BCUT2D eigenvalue weighted by atomic mass is 9.87. The molecule has 0 aromatic heterocycles. The highest BCUT2D eigenvalue weighted by molar-refractivity contribution is 9.10. The Morgan fingerprint density at radius 2 is 0.897 bits per heavy atom. The first-order valence-electron chi connectivity index (χ1n) is 9.89. The van der Waals surface area contributed by atoms with E-state index in [1.165, 1.54) is 11.1 Å². The van der Waals surface area contributed by atoms with Crippen molar-refractivity contribution in [1.82, 2.24) is 0 Å². The standard InChI is InChI=1S/C26H29BrO2/c1-25(2,3)18-10-14-20(15-11-18)28-22-8-7-9-23(24(22)27)29-21-16-12-19(13-17-21)26(4,5)6/h7-17H,1-6H3. The van der Waals surface area contributed by atoms with E-state index >= 15 is 0 Å². The second-order valence-corrected chi connectivity index (χ2v) is 10.1. The van der Waals surface area contributed by atoms with E-state index in [-0.39, 0.29) is 10.8 Å². The summed E-state index contributed by atoms with van der Waals surface area (Å²) in [6.07, 6.45) is 0. The lowest BCUT2D eigenvalue weighted by molar-refractivity contribution is 0.454. The van der Waals surface area contributed by atoms with E-state index in [1.807, 2.05) is 42.5 Å². The average Bonchev–Trinajstić information content (AvgIpc) is 2.64. The number of halogens is 1. The number of hydrogen-bond acceptors (Lipinski definition) is 2. The van der Waals surface area contributed by atoms with E-state index in [9.17, 15) is 0 Å². The Kier molecular flexibility index (Phi) is 6.09. The Balaban J connectivity index is 1.77. The molecule has 29 heavy (non-hydrogen) atoms. The van der Waals surface area contributed by atoms with Crippen molar-refractivity contribution in [2.24, 2.45) is 0 Å². The van der Waals surface area contributed by atoms with Crippen LogP contribution in [-0.4, -0.2) is 0 Å². The molecule has 0 saturated heterocycles. The maximum Gasteiger partial charge on any atom is 0.145 e. The quantitative estimate of drug-likeness (QED) is 0.394. The fourth-order valence-corrected chi connectivity index (χ4v) is 3.37. The van der Waals surface area contributed by atoms with E-state index in [1.54, 1.807) is 0 Å². The van der Waals surface area contributed by atoms with Crippen LogP contribution < -0.4 is 9.47 Å². The van der Waals surface area contributed by atoms with Crippen LogP contribution in [0.4, 0.5) is 0 Å². The van der Waals surface area contributed by atoms with Gasteiger partial charge in [-0.15, -0.1) is 0 Å². The van der Waals surface area contributed by atoms with Gasteiger partial charge in [-0.3, -0.25) is 0 Å². The molecular weight excluding hydrogens is 424 g/mol. The largest absolute Gasteiger partial charge is 0.456 e. The van der Waals surface area contributed by atoms with Crippen molar-refractivity contribution in [2.75, 3.05) is 0 Å². The first-order valence-corrected chi connectivity index (χ1v) is 10.7. The van der Waals surface area contributed by atoms with Gasteiger partial charge in [0.05, 0.1) is 0 Å². The molecule has 3 rings (SSSR count). The van der Waals surface area contributed by atoms with E-state index in [4.69, 9.17) is 9.47 Å². The minimum atomic E-state index is 0.120. The van der Waals surface area contributed by atoms with Crippen molar-refractivity contribution in [1.29, 1.82) is 0 Å². The second-order valence-electron chi connectivity index (χ2n) is 9.32. The molecule has 0 amide bonds. The van der Waals surface area contributed by atoms with Gasteiger partial charge in [-0.2, -0.15) is 0 Å². The van der Waals surface area contributed by atoms with Crippen LogP contribution in [0.25, 0.3) is 0 Å². The van der Waals surface area contributed by atoms with Gasteiger partial charge < -0.3 is 9.47 Å². The summed E-state index contributed by atoms with van der Waals surface area (Å²) < 4.78 is 13.0. The number of ether oxygens (including phenoxy) is 2. The van der Waals surface area contributed by atoms with Crippen LogP contribution in [0.15, 0.2) is 71.2 Å². The predicted molar refractivity (Wildman–Crippen MR) is 125 cm³/mol. The molecule has 3 heteroatoms. The molecule has 0 saturated carbocycles. The predicted octanol–water partition coefficient (Wildman–Crippen LogP) is 8.63. The van der Waals surface area contributed by atoms with E-state index in [0.717, 1.165) is 27.5 Å². The van der Waals surface area contributed by atoms with Crippen LogP contribution in [-0.2, 0) is 10.8 Å².